The first kappa shape index (κ1) is 27.6. The first-order valence-electron chi connectivity index (χ1n) is 17.5. The zero-order chi connectivity index (χ0) is 32.8. The van der Waals surface area contributed by atoms with Crippen molar-refractivity contribution in [1.29, 1.82) is 0 Å². The molecule has 0 radical (unpaired) electrons. The van der Waals surface area contributed by atoms with E-state index in [2.05, 4.69) is 186 Å². The van der Waals surface area contributed by atoms with Crippen LogP contribution in [0.1, 0.15) is 22.3 Å². The molecule has 2 nitrogen and oxygen atoms in total. The molecule has 0 atom stereocenters. The van der Waals surface area contributed by atoms with Gasteiger partial charge in [-0.15, -0.1) is 0 Å². The molecule has 2 aliphatic heterocycles. The molecule has 0 spiro atoms. The Bertz CT molecular complexity index is 2760. The van der Waals surface area contributed by atoms with E-state index >= 15 is 0 Å². The van der Waals surface area contributed by atoms with Crippen molar-refractivity contribution in [2.75, 3.05) is 4.90 Å². The van der Waals surface area contributed by atoms with Gasteiger partial charge in [0, 0.05) is 38.6 Å². The van der Waals surface area contributed by atoms with E-state index in [4.69, 9.17) is 0 Å². The largest absolute Gasteiger partial charge is 0.354 e. The van der Waals surface area contributed by atoms with Crippen LogP contribution in [0.2, 0.25) is 0 Å². The summed E-state index contributed by atoms with van der Waals surface area (Å²) in [6.45, 7) is 0. The summed E-state index contributed by atoms with van der Waals surface area (Å²) in [6, 6.07) is 65.2. The maximum Gasteiger partial charge on any atom is 0.198 e. The molecule has 3 heterocycles. The molecule has 2 aliphatic rings. The Morgan fingerprint density at radius 3 is 1.94 bits per heavy atom. The highest BCUT2D eigenvalue weighted by molar-refractivity contribution is 6.74. The smallest absolute Gasteiger partial charge is 0.198 e. The highest BCUT2D eigenvalue weighted by atomic mass is 15.2. The third-order valence-electron chi connectivity index (χ3n) is 11.3. The predicted octanol–water partition coefficient (Wildman–Crippen LogP) is 10.0. The van der Waals surface area contributed by atoms with E-state index in [9.17, 15) is 0 Å². The molecule has 0 amide bonds. The SMILES string of the molecule is B1c2cccc3c2N(c2ccccc2C3(c2ccccc2)c2ccccc2)c2c1c(-c1cccc3c1[nH]c1ccccc13)cc1ccccc21. The summed E-state index contributed by atoms with van der Waals surface area (Å²) >= 11 is 0. The van der Waals surface area contributed by atoms with Crippen LogP contribution in [-0.2, 0) is 5.41 Å². The molecular formula is C47H31BN2. The number of para-hydroxylation sites is 4. The molecule has 0 bridgehead atoms. The third kappa shape index (κ3) is 3.59. The number of anilines is 3. The minimum Gasteiger partial charge on any atom is -0.354 e. The average Bonchev–Trinajstić information content (AvgIpc) is 3.57. The number of aromatic nitrogens is 1. The van der Waals surface area contributed by atoms with E-state index < -0.39 is 5.41 Å². The Hall–Kier alpha value is -6.32. The molecule has 11 rings (SSSR count). The molecule has 0 saturated heterocycles. The first-order chi connectivity index (χ1) is 24.8. The topological polar surface area (TPSA) is 19.0 Å². The van der Waals surface area contributed by atoms with Gasteiger partial charge >= 0.3 is 0 Å². The summed E-state index contributed by atoms with van der Waals surface area (Å²) in [5.41, 5.74) is 16.1. The fourth-order valence-electron chi connectivity index (χ4n) is 9.28. The van der Waals surface area contributed by atoms with Crippen molar-refractivity contribution in [3.05, 3.63) is 198 Å². The Kier molecular flexibility index (Phi) is 5.71. The van der Waals surface area contributed by atoms with E-state index in [0.29, 0.717) is 0 Å². The van der Waals surface area contributed by atoms with Crippen LogP contribution in [0.4, 0.5) is 17.1 Å². The lowest BCUT2D eigenvalue weighted by Crippen LogP contribution is -2.47. The van der Waals surface area contributed by atoms with Crippen molar-refractivity contribution in [3.63, 3.8) is 0 Å². The molecule has 1 N–H and O–H groups in total. The average molecular weight is 635 g/mol. The van der Waals surface area contributed by atoms with Gasteiger partial charge < -0.3 is 9.88 Å². The molecule has 0 fully saturated rings. The van der Waals surface area contributed by atoms with E-state index in [0.717, 1.165) is 7.28 Å². The maximum atomic E-state index is 3.81. The van der Waals surface area contributed by atoms with Crippen LogP contribution in [0.5, 0.6) is 0 Å². The molecular weight excluding hydrogens is 603 g/mol. The summed E-state index contributed by atoms with van der Waals surface area (Å²) in [4.78, 5) is 6.42. The van der Waals surface area contributed by atoms with Crippen molar-refractivity contribution < 1.29 is 0 Å². The zero-order valence-electron chi connectivity index (χ0n) is 27.4. The number of hydrogen-bond acceptors (Lipinski definition) is 1. The van der Waals surface area contributed by atoms with Crippen LogP contribution >= 0.6 is 0 Å². The second-order valence-corrected chi connectivity index (χ2v) is 13.7. The van der Waals surface area contributed by atoms with Gasteiger partial charge in [0.15, 0.2) is 7.28 Å². The molecule has 3 heteroatoms. The summed E-state index contributed by atoms with van der Waals surface area (Å²) in [5, 5.41) is 5.04. The number of nitrogens with zero attached hydrogens (tertiary/aromatic N) is 1. The molecule has 1 aromatic heterocycles. The van der Waals surface area contributed by atoms with Crippen LogP contribution in [0.15, 0.2) is 176 Å². The van der Waals surface area contributed by atoms with Gasteiger partial charge in [0.25, 0.3) is 0 Å². The summed E-state index contributed by atoms with van der Waals surface area (Å²) in [5.74, 6) is 0. The molecule has 0 saturated carbocycles. The molecule has 50 heavy (non-hydrogen) atoms. The van der Waals surface area contributed by atoms with Crippen molar-refractivity contribution >= 4 is 67.8 Å². The van der Waals surface area contributed by atoms with Crippen LogP contribution in [0.3, 0.4) is 0 Å². The Balaban J connectivity index is 1.27. The lowest BCUT2D eigenvalue weighted by molar-refractivity contribution is 0.732. The molecule has 8 aromatic carbocycles. The van der Waals surface area contributed by atoms with Crippen LogP contribution in [0.25, 0.3) is 43.7 Å². The molecule has 232 valence electrons. The lowest BCUT2D eigenvalue weighted by Gasteiger charge is -2.49. The maximum absolute atomic E-state index is 3.81. The van der Waals surface area contributed by atoms with Crippen molar-refractivity contribution in [3.8, 4) is 11.1 Å². The minimum atomic E-state index is -0.484. The van der Waals surface area contributed by atoms with Gasteiger partial charge in [0.05, 0.1) is 16.6 Å². The first-order valence-corrected chi connectivity index (χ1v) is 17.5. The van der Waals surface area contributed by atoms with Gasteiger partial charge in [0.2, 0.25) is 0 Å². The number of H-pyrrole nitrogens is 1. The fraction of sp³-hybridized carbons (Fsp3) is 0.0213. The zero-order valence-corrected chi connectivity index (χ0v) is 27.4. The van der Waals surface area contributed by atoms with Gasteiger partial charge in [0.1, 0.15) is 0 Å². The number of fused-ring (bicyclic) bond motifs is 9. The highest BCUT2D eigenvalue weighted by Crippen LogP contribution is 2.58. The van der Waals surface area contributed by atoms with Gasteiger partial charge in [-0.25, -0.2) is 0 Å². The fourth-order valence-corrected chi connectivity index (χ4v) is 9.28. The van der Waals surface area contributed by atoms with Gasteiger partial charge in [-0.2, -0.15) is 0 Å². The monoisotopic (exact) mass is 634 g/mol. The van der Waals surface area contributed by atoms with Crippen molar-refractivity contribution in [2.24, 2.45) is 0 Å². The summed E-state index contributed by atoms with van der Waals surface area (Å²) < 4.78 is 0. The molecule has 0 unspecified atom stereocenters. The lowest BCUT2D eigenvalue weighted by atomic mass is 9.54. The third-order valence-corrected chi connectivity index (χ3v) is 11.3. The summed E-state index contributed by atoms with van der Waals surface area (Å²) in [7, 11) is 0.841. The minimum absolute atomic E-state index is 0.484. The van der Waals surface area contributed by atoms with Crippen molar-refractivity contribution in [1.82, 2.24) is 4.98 Å². The number of nitrogens with one attached hydrogen (secondary N) is 1. The molecule has 0 aliphatic carbocycles. The van der Waals surface area contributed by atoms with E-state index in [1.54, 1.807) is 0 Å². The van der Waals surface area contributed by atoms with Crippen LogP contribution in [-0.4, -0.2) is 12.3 Å². The Morgan fingerprint density at radius 1 is 0.480 bits per heavy atom. The van der Waals surface area contributed by atoms with E-state index in [1.165, 1.54) is 93.9 Å². The van der Waals surface area contributed by atoms with Gasteiger partial charge in [-0.05, 0) is 56.9 Å². The van der Waals surface area contributed by atoms with Crippen LogP contribution < -0.4 is 15.8 Å². The normalized spacial score (nSPS) is 13.9. The number of benzene rings is 8. The second-order valence-electron chi connectivity index (χ2n) is 13.7. The standard InChI is InChI=1S/C47H31BN2/c1-3-16-31(17-4-1)47(32-18-5-2-6-19-32)38-24-10-12-28-42(38)50-45-33-20-8-7-15-30(33)29-37(43(45)48-40-26-14-25-39(47)46(40)50)36-23-13-22-35-34-21-9-11-27-41(34)49-44(35)36/h1-29,48-49H. The van der Waals surface area contributed by atoms with Crippen molar-refractivity contribution in [2.45, 2.75) is 5.41 Å². The van der Waals surface area contributed by atoms with Crippen LogP contribution in [0, 0.1) is 0 Å². The molecule has 9 aromatic rings. The Morgan fingerprint density at radius 2 is 1.12 bits per heavy atom. The summed E-state index contributed by atoms with van der Waals surface area (Å²) in [6.07, 6.45) is 0. The highest BCUT2D eigenvalue weighted by Gasteiger charge is 2.48. The van der Waals surface area contributed by atoms with E-state index in [1.807, 2.05) is 0 Å². The van der Waals surface area contributed by atoms with Gasteiger partial charge in [-0.3, -0.25) is 0 Å². The Labute approximate surface area is 291 Å². The second kappa shape index (κ2) is 10.3. The van der Waals surface area contributed by atoms with Gasteiger partial charge in [-0.1, -0.05) is 163 Å². The number of hydrogen-bond donors (Lipinski definition) is 1. The van der Waals surface area contributed by atoms with E-state index in [-0.39, 0.29) is 0 Å². The number of rotatable bonds is 3. The quantitative estimate of drug-likeness (QED) is 0.192. The number of aromatic amines is 1. The predicted molar refractivity (Wildman–Crippen MR) is 212 cm³/mol.